The lowest BCUT2D eigenvalue weighted by Crippen LogP contribution is -2.27. The third-order valence-corrected chi connectivity index (χ3v) is 5.27. The average Bonchev–Trinajstić information content (AvgIpc) is 2.92. The molecule has 2 aromatic rings. The summed E-state index contributed by atoms with van der Waals surface area (Å²) in [7, 11) is 0. The second-order valence-electron chi connectivity index (χ2n) is 5.03. The number of carbonyl (C=O) groups excluding carboxylic acids is 1. The zero-order chi connectivity index (χ0) is 16.4. The van der Waals surface area contributed by atoms with Gasteiger partial charge in [-0.25, -0.2) is 0 Å². The predicted octanol–water partition coefficient (Wildman–Crippen LogP) is 5.17. The highest BCUT2D eigenvalue weighted by atomic mass is 35.5. The number of benzene rings is 2. The molecular formula is C17H15Cl2NO2S. The van der Waals surface area contributed by atoms with Crippen LogP contribution in [0.2, 0.25) is 10.0 Å². The Bertz CT molecular complexity index is 721. The Labute approximate surface area is 149 Å². The van der Waals surface area contributed by atoms with Gasteiger partial charge in [0.1, 0.15) is 11.1 Å². The minimum Gasteiger partial charge on any atom is -0.492 e. The Morgan fingerprint density at radius 2 is 1.96 bits per heavy atom. The van der Waals surface area contributed by atoms with Crippen LogP contribution in [0, 0.1) is 0 Å². The molecule has 0 aliphatic carbocycles. The van der Waals surface area contributed by atoms with Gasteiger partial charge in [0.15, 0.2) is 0 Å². The largest absolute Gasteiger partial charge is 0.492 e. The maximum Gasteiger partial charge on any atom is 0.238 e. The number of halogens is 2. The molecule has 23 heavy (non-hydrogen) atoms. The molecule has 0 aromatic heterocycles. The molecule has 120 valence electrons. The van der Waals surface area contributed by atoms with E-state index in [2.05, 4.69) is 0 Å². The number of ether oxygens (including phenoxy) is 1. The van der Waals surface area contributed by atoms with Crippen molar-refractivity contribution in [1.82, 2.24) is 0 Å². The standard InChI is InChI=1S/C17H15Cl2NO2S/c1-2-22-15-8-3-11(9-14(15)19)17-20(16(21)10-23-17)13-6-4-12(18)5-7-13/h3-9,17H,2,10H2,1H3/t17-/m1/s1. The molecule has 3 nitrogen and oxygen atoms in total. The van der Waals surface area contributed by atoms with Crippen LogP contribution >= 0.6 is 35.0 Å². The van der Waals surface area contributed by atoms with Gasteiger partial charge in [0.05, 0.1) is 17.4 Å². The Balaban J connectivity index is 1.93. The highest BCUT2D eigenvalue weighted by molar-refractivity contribution is 8.00. The second-order valence-corrected chi connectivity index (χ2v) is 6.94. The topological polar surface area (TPSA) is 29.5 Å². The van der Waals surface area contributed by atoms with Crippen molar-refractivity contribution in [3.05, 3.63) is 58.1 Å². The van der Waals surface area contributed by atoms with Gasteiger partial charge < -0.3 is 4.74 Å². The number of thioether (sulfide) groups is 1. The number of carbonyl (C=O) groups is 1. The van der Waals surface area contributed by atoms with Gasteiger partial charge in [-0.05, 0) is 48.9 Å². The van der Waals surface area contributed by atoms with Crippen molar-refractivity contribution >= 4 is 46.6 Å². The van der Waals surface area contributed by atoms with Gasteiger partial charge in [0.2, 0.25) is 5.91 Å². The summed E-state index contributed by atoms with van der Waals surface area (Å²) < 4.78 is 5.47. The Morgan fingerprint density at radius 1 is 1.22 bits per heavy atom. The zero-order valence-corrected chi connectivity index (χ0v) is 14.8. The van der Waals surface area contributed by atoms with Crippen molar-refractivity contribution < 1.29 is 9.53 Å². The summed E-state index contributed by atoms with van der Waals surface area (Å²) in [6, 6.07) is 13.0. The molecule has 3 rings (SSSR count). The van der Waals surface area contributed by atoms with Crippen LogP contribution in [0.3, 0.4) is 0 Å². The molecule has 1 amide bonds. The average molecular weight is 368 g/mol. The molecule has 0 radical (unpaired) electrons. The van der Waals surface area contributed by atoms with E-state index in [1.165, 1.54) is 0 Å². The summed E-state index contributed by atoms with van der Waals surface area (Å²) in [6.07, 6.45) is 0. The number of amides is 1. The first-order valence-corrected chi connectivity index (χ1v) is 9.02. The lowest BCUT2D eigenvalue weighted by Gasteiger charge is -2.24. The Kier molecular flexibility index (Phi) is 5.05. The molecular weight excluding hydrogens is 353 g/mol. The lowest BCUT2D eigenvalue weighted by atomic mass is 10.1. The summed E-state index contributed by atoms with van der Waals surface area (Å²) >= 11 is 13.8. The molecule has 1 aliphatic heterocycles. The molecule has 1 aliphatic rings. The highest BCUT2D eigenvalue weighted by Crippen LogP contribution is 2.43. The smallest absolute Gasteiger partial charge is 0.238 e. The fourth-order valence-electron chi connectivity index (χ4n) is 2.49. The third-order valence-electron chi connectivity index (χ3n) is 3.51. The van der Waals surface area contributed by atoms with E-state index in [0.29, 0.717) is 28.2 Å². The van der Waals surface area contributed by atoms with Gasteiger partial charge in [-0.15, -0.1) is 11.8 Å². The Morgan fingerprint density at radius 3 is 2.61 bits per heavy atom. The predicted molar refractivity (Wildman–Crippen MR) is 96.8 cm³/mol. The molecule has 0 spiro atoms. The number of nitrogens with zero attached hydrogens (tertiary/aromatic N) is 1. The molecule has 0 unspecified atom stereocenters. The van der Waals surface area contributed by atoms with Crippen molar-refractivity contribution in [3.8, 4) is 5.75 Å². The van der Waals surface area contributed by atoms with Crippen LogP contribution in [0.25, 0.3) is 0 Å². The molecule has 1 saturated heterocycles. The van der Waals surface area contributed by atoms with E-state index in [4.69, 9.17) is 27.9 Å². The first kappa shape index (κ1) is 16.5. The van der Waals surface area contributed by atoms with Crippen molar-refractivity contribution in [3.63, 3.8) is 0 Å². The fourth-order valence-corrected chi connectivity index (χ4v) is 4.03. The van der Waals surface area contributed by atoms with Crippen LogP contribution < -0.4 is 9.64 Å². The summed E-state index contributed by atoms with van der Waals surface area (Å²) in [6.45, 7) is 2.48. The minimum atomic E-state index is -0.100. The number of anilines is 1. The maximum absolute atomic E-state index is 12.3. The van der Waals surface area contributed by atoms with Crippen LogP contribution in [0.5, 0.6) is 5.75 Å². The van der Waals surface area contributed by atoms with Gasteiger partial charge in [0, 0.05) is 10.7 Å². The second kappa shape index (κ2) is 7.04. The maximum atomic E-state index is 12.3. The number of hydrogen-bond donors (Lipinski definition) is 0. The van der Waals surface area contributed by atoms with Crippen LogP contribution in [0.4, 0.5) is 5.69 Å². The summed E-state index contributed by atoms with van der Waals surface area (Å²) in [5, 5.41) is 1.10. The third kappa shape index (κ3) is 3.44. The molecule has 0 bridgehead atoms. The van der Waals surface area contributed by atoms with E-state index in [-0.39, 0.29) is 11.3 Å². The molecule has 6 heteroatoms. The normalized spacial score (nSPS) is 17.6. The molecule has 1 fully saturated rings. The van der Waals surface area contributed by atoms with Gasteiger partial charge >= 0.3 is 0 Å². The van der Waals surface area contributed by atoms with E-state index >= 15 is 0 Å². The van der Waals surface area contributed by atoms with Gasteiger partial charge in [0.25, 0.3) is 0 Å². The van der Waals surface area contributed by atoms with Gasteiger partial charge in [-0.1, -0.05) is 29.3 Å². The quantitative estimate of drug-likeness (QED) is 0.746. The Hall–Kier alpha value is -1.36. The number of rotatable bonds is 4. The summed E-state index contributed by atoms with van der Waals surface area (Å²) in [5.41, 5.74) is 1.81. The van der Waals surface area contributed by atoms with Crippen LogP contribution in [-0.2, 0) is 4.79 Å². The molecule has 2 aromatic carbocycles. The minimum absolute atomic E-state index is 0.0762. The zero-order valence-electron chi connectivity index (χ0n) is 12.5. The molecule has 1 atom stereocenters. The fraction of sp³-hybridized carbons (Fsp3) is 0.235. The summed E-state index contributed by atoms with van der Waals surface area (Å²) in [4.78, 5) is 14.1. The van der Waals surface area contributed by atoms with Gasteiger partial charge in [-0.2, -0.15) is 0 Å². The van der Waals surface area contributed by atoms with Crippen LogP contribution in [0.1, 0.15) is 17.9 Å². The SMILES string of the molecule is CCOc1ccc([C@H]2SCC(=O)N2c2ccc(Cl)cc2)cc1Cl. The van der Waals surface area contributed by atoms with E-state index in [9.17, 15) is 4.79 Å². The number of hydrogen-bond acceptors (Lipinski definition) is 3. The van der Waals surface area contributed by atoms with Crippen LogP contribution in [-0.4, -0.2) is 18.3 Å². The highest BCUT2D eigenvalue weighted by Gasteiger charge is 2.34. The van der Waals surface area contributed by atoms with Crippen LogP contribution in [0.15, 0.2) is 42.5 Å². The first-order chi connectivity index (χ1) is 11.1. The molecule has 1 heterocycles. The van der Waals surface area contributed by atoms with E-state index in [0.717, 1.165) is 11.3 Å². The van der Waals surface area contributed by atoms with Crippen molar-refractivity contribution in [2.75, 3.05) is 17.3 Å². The van der Waals surface area contributed by atoms with Crippen molar-refractivity contribution in [2.24, 2.45) is 0 Å². The van der Waals surface area contributed by atoms with E-state index in [1.54, 1.807) is 28.8 Å². The molecule has 0 saturated carbocycles. The summed E-state index contributed by atoms with van der Waals surface area (Å²) in [5.74, 6) is 1.18. The van der Waals surface area contributed by atoms with Crippen molar-refractivity contribution in [2.45, 2.75) is 12.3 Å². The van der Waals surface area contributed by atoms with Crippen molar-refractivity contribution in [1.29, 1.82) is 0 Å². The first-order valence-electron chi connectivity index (χ1n) is 7.21. The lowest BCUT2D eigenvalue weighted by molar-refractivity contribution is -0.115. The van der Waals surface area contributed by atoms with Gasteiger partial charge in [-0.3, -0.25) is 9.69 Å². The van der Waals surface area contributed by atoms with E-state index < -0.39 is 0 Å². The molecule has 0 N–H and O–H groups in total. The van der Waals surface area contributed by atoms with E-state index in [1.807, 2.05) is 37.3 Å². The monoisotopic (exact) mass is 367 g/mol.